The lowest BCUT2D eigenvalue weighted by atomic mass is 9.94. The van der Waals surface area contributed by atoms with Crippen molar-refractivity contribution in [2.75, 3.05) is 0 Å². The molecule has 0 saturated heterocycles. The maximum absolute atomic E-state index is 2.53. The Labute approximate surface area is 296 Å². The van der Waals surface area contributed by atoms with Crippen LogP contribution in [0.3, 0.4) is 0 Å². The Bertz CT molecular complexity index is 2960. The average molecular weight is 649 g/mol. The smallest absolute Gasteiger partial charge is 0.0549 e. The average Bonchev–Trinajstić information content (AvgIpc) is 3.86. The molecule has 238 valence electrons. The summed E-state index contributed by atoms with van der Waals surface area (Å²) in [5.41, 5.74) is 17.9. The minimum Gasteiger partial charge on any atom is -0.309 e. The molecule has 2 aromatic heterocycles. The summed E-state index contributed by atoms with van der Waals surface area (Å²) < 4.78 is 4.94. The molecule has 0 bridgehead atoms. The van der Waals surface area contributed by atoms with Crippen LogP contribution in [-0.2, 0) is 6.42 Å². The van der Waals surface area contributed by atoms with Gasteiger partial charge in [-0.05, 0) is 87.0 Å². The van der Waals surface area contributed by atoms with Gasteiger partial charge in [0.25, 0.3) is 0 Å². The van der Waals surface area contributed by atoms with Crippen LogP contribution in [0.1, 0.15) is 11.1 Å². The monoisotopic (exact) mass is 648 g/mol. The van der Waals surface area contributed by atoms with E-state index in [1.807, 2.05) is 0 Å². The number of fused-ring (bicyclic) bond motifs is 10. The molecule has 0 radical (unpaired) electrons. The highest BCUT2D eigenvalue weighted by atomic mass is 15.0. The van der Waals surface area contributed by atoms with Crippen molar-refractivity contribution in [3.05, 3.63) is 193 Å². The van der Waals surface area contributed by atoms with Gasteiger partial charge in [-0.1, -0.05) is 140 Å². The van der Waals surface area contributed by atoms with E-state index in [0.29, 0.717) is 0 Å². The Morgan fingerprint density at radius 1 is 0.314 bits per heavy atom. The van der Waals surface area contributed by atoms with Crippen molar-refractivity contribution in [2.24, 2.45) is 0 Å². The maximum atomic E-state index is 2.53. The molecule has 51 heavy (non-hydrogen) atoms. The Morgan fingerprint density at radius 2 is 0.824 bits per heavy atom. The first kappa shape index (κ1) is 28.2. The molecule has 0 spiro atoms. The molecule has 1 aliphatic rings. The predicted molar refractivity (Wildman–Crippen MR) is 214 cm³/mol. The second kappa shape index (κ2) is 10.9. The molecule has 0 atom stereocenters. The van der Waals surface area contributed by atoms with Gasteiger partial charge >= 0.3 is 0 Å². The first-order valence-corrected chi connectivity index (χ1v) is 17.7. The zero-order valence-electron chi connectivity index (χ0n) is 27.9. The molecule has 2 nitrogen and oxygen atoms in total. The lowest BCUT2D eigenvalue weighted by Crippen LogP contribution is -1.99. The summed E-state index contributed by atoms with van der Waals surface area (Å²) in [7, 11) is 0. The van der Waals surface area contributed by atoms with Crippen LogP contribution in [0.25, 0.3) is 88.4 Å². The summed E-state index contributed by atoms with van der Waals surface area (Å²) in [5, 5.41) is 5.17. The molecule has 0 amide bonds. The van der Waals surface area contributed by atoms with Crippen LogP contribution in [0, 0.1) is 0 Å². The van der Waals surface area contributed by atoms with Gasteiger partial charge in [-0.2, -0.15) is 0 Å². The van der Waals surface area contributed by atoms with Crippen molar-refractivity contribution in [3.63, 3.8) is 0 Å². The summed E-state index contributed by atoms with van der Waals surface area (Å²) in [5.74, 6) is 0. The van der Waals surface area contributed by atoms with E-state index in [1.165, 1.54) is 99.5 Å². The molecule has 2 heterocycles. The van der Waals surface area contributed by atoms with Crippen molar-refractivity contribution >= 4 is 43.6 Å². The van der Waals surface area contributed by atoms with Gasteiger partial charge < -0.3 is 9.13 Å². The first-order valence-electron chi connectivity index (χ1n) is 17.7. The van der Waals surface area contributed by atoms with Gasteiger partial charge in [0.15, 0.2) is 0 Å². The van der Waals surface area contributed by atoms with Gasteiger partial charge in [0.1, 0.15) is 0 Å². The molecule has 10 aromatic rings. The maximum Gasteiger partial charge on any atom is 0.0549 e. The molecule has 2 heteroatoms. The fraction of sp³-hybridized carbons (Fsp3) is 0.0204. The van der Waals surface area contributed by atoms with Gasteiger partial charge in [0.05, 0.1) is 27.8 Å². The van der Waals surface area contributed by atoms with Crippen molar-refractivity contribution < 1.29 is 0 Å². The molecule has 8 aromatic carbocycles. The quantitative estimate of drug-likeness (QED) is 0.180. The van der Waals surface area contributed by atoms with Crippen LogP contribution in [0.5, 0.6) is 0 Å². The van der Waals surface area contributed by atoms with Crippen molar-refractivity contribution in [1.82, 2.24) is 9.13 Å². The van der Waals surface area contributed by atoms with E-state index in [0.717, 1.165) is 6.42 Å². The van der Waals surface area contributed by atoms with E-state index < -0.39 is 0 Å². The third kappa shape index (κ3) is 4.11. The summed E-state index contributed by atoms with van der Waals surface area (Å²) in [6, 6.07) is 66.6. The number of hydrogen-bond acceptors (Lipinski definition) is 0. The SMILES string of the molecule is c1ccc(-c2ccc(-c3cccc4c3Cc3c-4cccc3-n3c4ccccc4c4c5c6ccccc6n(-c6ccccc6)c5ccc43)cc2)cc1. The topological polar surface area (TPSA) is 9.86 Å². The second-order valence-electron chi connectivity index (χ2n) is 13.6. The number of rotatable bonds is 4. The van der Waals surface area contributed by atoms with Crippen LogP contribution >= 0.6 is 0 Å². The third-order valence-electron chi connectivity index (χ3n) is 11.0. The van der Waals surface area contributed by atoms with Crippen LogP contribution in [-0.4, -0.2) is 9.13 Å². The summed E-state index contributed by atoms with van der Waals surface area (Å²) >= 11 is 0. The predicted octanol–water partition coefficient (Wildman–Crippen LogP) is 12.8. The van der Waals surface area contributed by atoms with E-state index in [2.05, 4.69) is 191 Å². The zero-order chi connectivity index (χ0) is 33.5. The van der Waals surface area contributed by atoms with E-state index in [9.17, 15) is 0 Å². The number of nitrogens with zero attached hydrogens (tertiary/aromatic N) is 2. The summed E-state index contributed by atoms with van der Waals surface area (Å²) in [6.45, 7) is 0. The number of para-hydroxylation sites is 3. The Kier molecular flexibility index (Phi) is 6.05. The highest BCUT2D eigenvalue weighted by molar-refractivity contribution is 6.29. The highest BCUT2D eigenvalue weighted by Crippen LogP contribution is 2.47. The second-order valence-corrected chi connectivity index (χ2v) is 13.6. The van der Waals surface area contributed by atoms with Gasteiger partial charge in [0, 0.05) is 33.7 Å². The first-order chi connectivity index (χ1) is 25.3. The Balaban J connectivity index is 1.12. The lowest BCUT2D eigenvalue weighted by molar-refractivity contribution is 1.12. The minimum atomic E-state index is 0.890. The molecule has 0 unspecified atom stereocenters. The standard InChI is InChI=1S/C49H32N2/c1-3-13-32(14-4-1)33-25-27-34(28-26-33)36-19-11-20-37-38-21-12-24-45(42(38)31-41(36)37)51-44-23-10-8-18-40(44)49-47(51)30-29-46-48(49)39-17-7-9-22-43(39)50(46)35-15-5-2-6-16-35/h1-30H,31H2. The van der Waals surface area contributed by atoms with Crippen molar-refractivity contribution in [3.8, 4) is 44.8 Å². The van der Waals surface area contributed by atoms with Crippen molar-refractivity contribution in [2.45, 2.75) is 6.42 Å². The molecule has 0 saturated carbocycles. The van der Waals surface area contributed by atoms with Gasteiger partial charge in [-0.3, -0.25) is 0 Å². The van der Waals surface area contributed by atoms with E-state index >= 15 is 0 Å². The van der Waals surface area contributed by atoms with Gasteiger partial charge in [-0.25, -0.2) is 0 Å². The molecule has 0 N–H and O–H groups in total. The Hall–Kier alpha value is -6.64. The zero-order valence-corrected chi connectivity index (χ0v) is 27.9. The van der Waals surface area contributed by atoms with E-state index in [4.69, 9.17) is 0 Å². The summed E-state index contributed by atoms with van der Waals surface area (Å²) in [4.78, 5) is 0. The molecular weight excluding hydrogens is 617 g/mol. The van der Waals surface area contributed by atoms with Crippen LogP contribution in [0.2, 0.25) is 0 Å². The van der Waals surface area contributed by atoms with Crippen LogP contribution in [0.4, 0.5) is 0 Å². The fourth-order valence-corrected chi connectivity index (χ4v) is 8.80. The summed E-state index contributed by atoms with van der Waals surface area (Å²) in [6.07, 6.45) is 0.890. The third-order valence-corrected chi connectivity index (χ3v) is 11.0. The van der Waals surface area contributed by atoms with Crippen LogP contribution < -0.4 is 0 Å². The highest BCUT2D eigenvalue weighted by Gasteiger charge is 2.27. The number of benzene rings is 8. The molecule has 0 aliphatic heterocycles. The Morgan fingerprint density at radius 3 is 1.53 bits per heavy atom. The normalized spacial score (nSPS) is 12.2. The van der Waals surface area contributed by atoms with Gasteiger partial charge in [0.2, 0.25) is 0 Å². The number of aromatic nitrogens is 2. The largest absolute Gasteiger partial charge is 0.309 e. The molecule has 1 aliphatic carbocycles. The molecule has 0 fully saturated rings. The molecular formula is C49H32N2. The van der Waals surface area contributed by atoms with E-state index in [1.54, 1.807) is 0 Å². The number of hydrogen-bond donors (Lipinski definition) is 0. The van der Waals surface area contributed by atoms with Crippen LogP contribution in [0.15, 0.2) is 182 Å². The fourth-order valence-electron chi connectivity index (χ4n) is 8.80. The molecule has 11 rings (SSSR count). The van der Waals surface area contributed by atoms with Crippen molar-refractivity contribution in [1.29, 1.82) is 0 Å². The lowest BCUT2D eigenvalue weighted by Gasteiger charge is -2.13. The van der Waals surface area contributed by atoms with E-state index in [-0.39, 0.29) is 0 Å². The minimum absolute atomic E-state index is 0.890. The van der Waals surface area contributed by atoms with Gasteiger partial charge in [-0.15, -0.1) is 0 Å².